The van der Waals surface area contributed by atoms with Gasteiger partial charge in [0.25, 0.3) is 0 Å². The molecule has 242 valence electrons. The van der Waals surface area contributed by atoms with Gasteiger partial charge in [-0.3, -0.25) is 4.52 Å². The minimum atomic E-state index is -4.64. The highest BCUT2D eigenvalue weighted by Gasteiger charge is 2.33. The molecule has 3 N–H and O–H groups in total. The summed E-state index contributed by atoms with van der Waals surface area (Å²) in [4.78, 5) is 17.7. The summed E-state index contributed by atoms with van der Waals surface area (Å²) < 4.78 is 76.9. The molecule has 15 heteroatoms. The maximum atomic E-state index is 13.4. The van der Waals surface area contributed by atoms with Gasteiger partial charge in [0.05, 0.1) is 65.2 Å². The van der Waals surface area contributed by atoms with Gasteiger partial charge in [0.15, 0.2) is 32.8 Å². The third-order valence-corrected chi connectivity index (χ3v) is 8.96. The van der Waals surface area contributed by atoms with E-state index in [1.54, 1.807) is 6.07 Å². The number of aliphatic hydroxyl groups is 1. The number of rotatable bonds is 17. The molecule has 2 aromatic carbocycles. The van der Waals surface area contributed by atoms with Crippen LogP contribution < -0.4 is 23.7 Å². The van der Waals surface area contributed by atoms with Crippen LogP contribution in [0.4, 0.5) is 0 Å². The Morgan fingerprint density at radius 1 is 0.884 bits per heavy atom. The van der Waals surface area contributed by atoms with Gasteiger partial charge in [-0.25, -0.2) is 13.0 Å². The quantitative estimate of drug-likeness (QED) is 0.165. The summed E-state index contributed by atoms with van der Waals surface area (Å²) >= 11 is 0. The average Bonchev–Trinajstić information content (AvgIpc) is 3.44. The number of aliphatic hydroxyl groups excluding tert-OH is 1. The van der Waals surface area contributed by atoms with Crippen LogP contribution in [-0.4, -0.2) is 76.3 Å². The SMILES string of the molecule is CCCOc1c(OCCCOP(=O)(O)O)cc([C@@H]2CC[C@@H](c3cc(OC)c(OC)c(OC)c3)O2)cc1S(=O)(=O)C[C@@H](C)O. The second-order valence-corrected chi connectivity index (χ2v) is 13.2. The first-order valence-electron chi connectivity index (χ1n) is 13.8. The summed E-state index contributed by atoms with van der Waals surface area (Å²) in [5.41, 5.74) is 1.33. The number of methoxy groups -OCH3 is 3. The zero-order chi connectivity index (χ0) is 31.8. The normalized spacial score (nSPS) is 17.9. The Labute approximate surface area is 252 Å². The van der Waals surface area contributed by atoms with Crippen LogP contribution in [0.25, 0.3) is 0 Å². The van der Waals surface area contributed by atoms with Crippen molar-refractivity contribution in [3.8, 4) is 28.7 Å². The number of phosphoric acid groups is 1. The lowest BCUT2D eigenvalue weighted by molar-refractivity contribution is 0.0434. The average molecular weight is 649 g/mol. The number of hydrogen-bond acceptors (Lipinski definition) is 11. The molecule has 1 heterocycles. The summed E-state index contributed by atoms with van der Waals surface area (Å²) in [6, 6.07) is 6.76. The highest BCUT2D eigenvalue weighted by molar-refractivity contribution is 7.91. The van der Waals surface area contributed by atoms with Gasteiger partial charge in [0.1, 0.15) is 4.90 Å². The van der Waals surface area contributed by atoms with Gasteiger partial charge in [-0.05, 0) is 61.6 Å². The Morgan fingerprint density at radius 3 is 1.98 bits per heavy atom. The molecular weight excluding hydrogens is 607 g/mol. The van der Waals surface area contributed by atoms with Crippen LogP contribution in [0.1, 0.15) is 62.9 Å². The van der Waals surface area contributed by atoms with E-state index in [2.05, 4.69) is 4.52 Å². The smallest absolute Gasteiger partial charge is 0.469 e. The number of benzene rings is 2. The molecule has 0 aliphatic carbocycles. The van der Waals surface area contributed by atoms with Crippen molar-refractivity contribution in [3.05, 3.63) is 35.4 Å². The molecule has 0 saturated carbocycles. The fourth-order valence-electron chi connectivity index (χ4n) is 4.71. The summed E-state index contributed by atoms with van der Waals surface area (Å²) in [5.74, 6) is 1.01. The Kier molecular flexibility index (Phi) is 12.5. The second kappa shape index (κ2) is 15.4. The van der Waals surface area contributed by atoms with E-state index in [0.29, 0.717) is 42.1 Å². The molecule has 1 fully saturated rings. The summed E-state index contributed by atoms with van der Waals surface area (Å²) in [6.45, 7) is 3.14. The van der Waals surface area contributed by atoms with Gasteiger partial charge in [-0.1, -0.05) is 6.92 Å². The van der Waals surface area contributed by atoms with Gasteiger partial charge in [-0.15, -0.1) is 0 Å². The van der Waals surface area contributed by atoms with Crippen LogP contribution in [-0.2, 0) is 23.7 Å². The van der Waals surface area contributed by atoms with E-state index in [4.69, 9.17) is 38.2 Å². The Balaban J connectivity index is 1.99. The van der Waals surface area contributed by atoms with Crippen molar-refractivity contribution < 1.29 is 60.8 Å². The van der Waals surface area contributed by atoms with E-state index >= 15 is 0 Å². The molecular formula is C28H41O13PS. The third kappa shape index (κ3) is 9.45. The summed E-state index contributed by atoms with van der Waals surface area (Å²) in [5, 5.41) is 9.93. The Morgan fingerprint density at radius 2 is 1.47 bits per heavy atom. The monoisotopic (exact) mass is 648 g/mol. The van der Waals surface area contributed by atoms with E-state index in [9.17, 15) is 18.1 Å². The minimum absolute atomic E-state index is 0.00123. The van der Waals surface area contributed by atoms with Crippen molar-refractivity contribution in [1.29, 1.82) is 0 Å². The van der Waals surface area contributed by atoms with E-state index in [1.165, 1.54) is 34.3 Å². The molecule has 43 heavy (non-hydrogen) atoms. The van der Waals surface area contributed by atoms with Crippen molar-refractivity contribution in [2.75, 3.05) is 46.9 Å². The topological polar surface area (TPSA) is 177 Å². The largest absolute Gasteiger partial charge is 0.493 e. The fourth-order valence-corrected chi connectivity index (χ4v) is 6.65. The predicted molar refractivity (Wildman–Crippen MR) is 156 cm³/mol. The summed E-state index contributed by atoms with van der Waals surface area (Å²) in [6.07, 6.45) is -0.123. The lowest BCUT2D eigenvalue weighted by Gasteiger charge is -2.21. The molecule has 3 rings (SSSR count). The minimum Gasteiger partial charge on any atom is -0.493 e. The van der Waals surface area contributed by atoms with Gasteiger partial charge in [0, 0.05) is 6.42 Å². The molecule has 2 aromatic rings. The van der Waals surface area contributed by atoms with E-state index in [-0.39, 0.29) is 48.7 Å². The number of hydrogen-bond donors (Lipinski definition) is 3. The van der Waals surface area contributed by atoms with E-state index in [1.807, 2.05) is 19.1 Å². The first-order valence-corrected chi connectivity index (χ1v) is 17.0. The Hall–Kier alpha value is -2.58. The molecule has 1 saturated heterocycles. The fraction of sp³-hybridized carbons (Fsp3) is 0.571. The van der Waals surface area contributed by atoms with Gasteiger partial charge in [0.2, 0.25) is 5.75 Å². The van der Waals surface area contributed by atoms with Crippen molar-refractivity contribution in [1.82, 2.24) is 0 Å². The predicted octanol–water partition coefficient (Wildman–Crippen LogP) is 4.13. The van der Waals surface area contributed by atoms with Crippen LogP contribution >= 0.6 is 7.82 Å². The van der Waals surface area contributed by atoms with Crippen molar-refractivity contribution in [2.45, 2.75) is 62.7 Å². The Bertz CT molecular complexity index is 1350. The van der Waals surface area contributed by atoms with Crippen molar-refractivity contribution in [2.24, 2.45) is 0 Å². The number of sulfone groups is 1. The van der Waals surface area contributed by atoms with Gasteiger partial charge in [-0.2, -0.15) is 0 Å². The molecule has 0 bridgehead atoms. The zero-order valence-electron chi connectivity index (χ0n) is 25.0. The molecule has 1 aliphatic rings. The van der Waals surface area contributed by atoms with Gasteiger partial charge >= 0.3 is 7.82 Å². The lowest BCUT2D eigenvalue weighted by Crippen LogP contribution is -2.19. The first-order chi connectivity index (χ1) is 20.3. The highest BCUT2D eigenvalue weighted by atomic mass is 32.2. The maximum Gasteiger partial charge on any atom is 0.469 e. The molecule has 0 spiro atoms. The molecule has 0 aromatic heterocycles. The highest BCUT2D eigenvalue weighted by Crippen LogP contribution is 2.48. The lowest BCUT2D eigenvalue weighted by atomic mass is 10.0. The maximum absolute atomic E-state index is 13.4. The standard InChI is InChI=1S/C28H41O13PS/c1-6-10-39-28-25(38-11-7-12-40-42(30,31)32)15-20(16-26(28)43(33,34)17-18(2)29)22-9-8-21(41-22)19-13-23(35-3)27(37-5)24(14-19)36-4/h13-16,18,21-22,29H,6-12,17H2,1-5H3,(H2,30,31,32)/t18-,21+,22+/m1/s1. The molecule has 0 radical (unpaired) electrons. The number of ether oxygens (including phenoxy) is 6. The summed E-state index contributed by atoms with van der Waals surface area (Å²) in [7, 11) is -4.10. The van der Waals surface area contributed by atoms with Crippen LogP contribution in [0.3, 0.4) is 0 Å². The van der Waals surface area contributed by atoms with Crippen LogP contribution in [0, 0.1) is 0 Å². The van der Waals surface area contributed by atoms with Crippen LogP contribution in [0.15, 0.2) is 29.2 Å². The number of phosphoric ester groups is 1. The van der Waals surface area contributed by atoms with Crippen LogP contribution in [0.5, 0.6) is 28.7 Å². The molecule has 0 unspecified atom stereocenters. The zero-order valence-corrected chi connectivity index (χ0v) is 26.7. The van der Waals surface area contributed by atoms with Crippen molar-refractivity contribution in [3.63, 3.8) is 0 Å². The van der Waals surface area contributed by atoms with Crippen molar-refractivity contribution >= 4 is 17.7 Å². The molecule has 3 atom stereocenters. The van der Waals surface area contributed by atoms with E-state index < -0.39 is 35.6 Å². The molecule has 0 amide bonds. The van der Waals surface area contributed by atoms with E-state index in [0.717, 1.165) is 5.56 Å². The molecule has 1 aliphatic heterocycles. The van der Waals surface area contributed by atoms with Crippen LogP contribution in [0.2, 0.25) is 0 Å². The van der Waals surface area contributed by atoms with Gasteiger partial charge < -0.3 is 43.3 Å². The first kappa shape index (κ1) is 34.9. The molecule has 13 nitrogen and oxygen atoms in total. The second-order valence-electron chi connectivity index (χ2n) is 10.0. The third-order valence-electron chi connectivity index (χ3n) is 6.55.